The van der Waals surface area contributed by atoms with E-state index in [1.165, 1.54) is 0 Å². The van der Waals surface area contributed by atoms with Crippen molar-refractivity contribution in [3.63, 3.8) is 0 Å². The van der Waals surface area contributed by atoms with Gasteiger partial charge in [0.05, 0.1) is 5.38 Å². The summed E-state index contributed by atoms with van der Waals surface area (Å²) in [6.07, 6.45) is 0. The molecule has 16 heavy (non-hydrogen) atoms. The van der Waals surface area contributed by atoms with E-state index >= 15 is 0 Å². The first-order valence-electron chi connectivity index (χ1n) is 4.87. The first-order valence-corrected chi connectivity index (χ1v) is 6.10. The van der Waals surface area contributed by atoms with Crippen LogP contribution < -0.4 is 9.47 Å². The Bertz CT molecular complexity index is 431. The predicted molar refractivity (Wildman–Crippen MR) is 64.8 cm³/mol. The van der Waals surface area contributed by atoms with Crippen molar-refractivity contribution >= 4 is 33.3 Å². The van der Waals surface area contributed by atoms with Crippen LogP contribution >= 0.6 is 27.5 Å². The highest BCUT2D eigenvalue weighted by Gasteiger charge is 2.20. The minimum atomic E-state index is -0.557. The Hall–Kier alpha value is -0.740. The molecule has 3 nitrogen and oxygen atoms in total. The molecule has 1 heterocycles. The third-order valence-corrected chi connectivity index (χ3v) is 3.11. The molecule has 0 aromatic heterocycles. The van der Waals surface area contributed by atoms with Gasteiger partial charge in [-0.15, -0.1) is 11.6 Å². The molecule has 1 unspecified atom stereocenters. The van der Waals surface area contributed by atoms with E-state index in [1.54, 1.807) is 19.1 Å². The van der Waals surface area contributed by atoms with Crippen molar-refractivity contribution in [2.24, 2.45) is 0 Å². The van der Waals surface area contributed by atoms with Crippen molar-refractivity contribution in [1.82, 2.24) is 0 Å². The van der Waals surface area contributed by atoms with Crippen LogP contribution in [0.5, 0.6) is 11.5 Å². The highest BCUT2D eigenvalue weighted by Crippen LogP contribution is 2.36. The lowest BCUT2D eigenvalue weighted by Crippen LogP contribution is -2.17. The number of halogens is 2. The zero-order valence-electron chi connectivity index (χ0n) is 8.63. The monoisotopic (exact) mass is 304 g/mol. The van der Waals surface area contributed by atoms with Gasteiger partial charge in [-0.05, 0) is 35.0 Å². The lowest BCUT2D eigenvalue weighted by Gasteiger charge is -2.19. The van der Waals surface area contributed by atoms with Crippen molar-refractivity contribution in [2.45, 2.75) is 12.3 Å². The first kappa shape index (κ1) is 11.7. The van der Waals surface area contributed by atoms with Crippen LogP contribution in [0.1, 0.15) is 17.3 Å². The largest absolute Gasteiger partial charge is 0.486 e. The number of ether oxygens (including phenoxy) is 2. The average molecular weight is 306 g/mol. The quantitative estimate of drug-likeness (QED) is 0.622. The Morgan fingerprint density at radius 2 is 1.94 bits per heavy atom. The molecule has 0 amide bonds. The summed E-state index contributed by atoms with van der Waals surface area (Å²) >= 11 is 9.10. The maximum absolute atomic E-state index is 11.8. The van der Waals surface area contributed by atoms with Crippen LogP contribution in [0.25, 0.3) is 0 Å². The molecule has 0 saturated carbocycles. The number of fused-ring (bicyclic) bond motifs is 1. The smallest absolute Gasteiger partial charge is 0.181 e. The first-order chi connectivity index (χ1) is 7.59. The van der Waals surface area contributed by atoms with Crippen LogP contribution in [0.2, 0.25) is 0 Å². The van der Waals surface area contributed by atoms with E-state index in [2.05, 4.69) is 15.9 Å². The van der Waals surface area contributed by atoms with E-state index in [0.717, 1.165) is 0 Å². The van der Waals surface area contributed by atoms with E-state index in [4.69, 9.17) is 21.1 Å². The molecule has 5 heteroatoms. The van der Waals surface area contributed by atoms with Crippen LogP contribution in [0.3, 0.4) is 0 Å². The van der Waals surface area contributed by atoms with Crippen molar-refractivity contribution in [2.75, 3.05) is 13.2 Å². The molecular weight excluding hydrogens is 295 g/mol. The normalized spacial score (nSPS) is 15.7. The Kier molecular flexibility index (Phi) is 3.40. The molecule has 0 aliphatic carbocycles. The molecule has 0 radical (unpaired) electrons. The number of rotatable bonds is 2. The second kappa shape index (κ2) is 4.63. The van der Waals surface area contributed by atoms with Gasteiger partial charge in [-0.2, -0.15) is 0 Å². The second-order valence-corrected chi connectivity index (χ2v) is 4.96. The molecule has 2 rings (SSSR count). The van der Waals surface area contributed by atoms with E-state index in [0.29, 0.717) is 34.7 Å². The van der Waals surface area contributed by atoms with Crippen LogP contribution in [0.15, 0.2) is 16.6 Å². The van der Waals surface area contributed by atoms with Crippen molar-refractivity contribution in [3.05, 3.63) is 22.2 Å². The summed E-state index contributed by atoms with van der Waals surface area (Å²) in [6.45, 7) is 2.67. The molecule has 0 fully saturated rings. The topological polar surface area (TPSA) is 35.5 Å². The van der Waals surface area contributed by atoms with Gasteiger partial charge in [0.2, 0.25) is 0 Å². The number of ketones is 1. The summed E-state index contributed by atoms with van der Waals surface area (Å²) in [5.41, 5.74) is 0.520. The van der Waals surface area contributed by atoms with Crippen molar-refractivity contribution in [3.8, 4) is 11.5 Å². The number of hydrogen-bond acceptors (Lipinski definition) is 3. The van der Waals surface area contributed by atoms with E-state index in [1.807, 2.05) is 0 Å². The van der Waals surface area contributed by atoms with Gasteiger partial charge in [0.15, 0.2) is 17.3 Å². The molecule has 86 valence electrons. The minimum absolute atomic E-state index is 0.134. The summed E-state index contributed by atoms with van der Waals surface area (Å²) in [5, 5.41) is -0.557. The number of alkyl halides is 1. The fourth-order valence-electron chi connectivity index (χ4n) is 1.47. The molecule has 0 spiro atoms. The Morgan fingerprint density at radius 3 is 2.50 bits per heavy atom. The Balaban J connectivity index is 2.43. The average Bonchev–Trinajstić information content (AvgIpc) is 2.27. The van der Waals surface area contributed by atoms with E-state index in [9.17, 15) is 4.79 Å². The van der Waals surface area contributed by atoms with Gasteiger partial charge in [0, 0.05) is 10.0 Å². The van der Waals surface area contributed by atoms with Crippen LogP contribution in [0, 0.1) is 0 Å². The zero-order valence-corrected chi connectivity index (χ0v) is 11.0. The van der Waals surface area contributed by atoms with Crippen molar-refractivity contribution in [1.29, 1.82) is 0 Å². The van der Waals surface area contributed by atoms with Gasteiger partial charge in [-0.25, -0.2) is 0 Å². The summed E-state index contributed by atoms with van der Waals surface area (Å²) < 4.78 is 11.5. The molecule has 0 N–H and O–H groups in total. The Labute approximate surface area is 107 Å². The maximum Gasteiger partial charge on any atom is 0.181 e. The third kappa shape index (κ3) is 2.18. The molecule has 0 saturated heterocycles. The van der Waals surface area contributed by atoms with Gasteiger partial charge in [-0.1, -0.05) is 0 Å². The van der Waals surface area contributed by atoms with Crippen LogP contribution in [-0.2, 0) is 0 Å². The number of carbonyl (C=O) groups is 1. The number of Topliss-reactive ketones (excluding diaryl/α,β-unsaturated/α-hetero) is 1. The number of carbonyl (C=O) groups excluding carboxylic acids is 1. The number of hydrogen-bond donors (Lipinski definition) is 0. The molecule has 1 atom stereocenters. The second-order valence-electron chi connectivity index (χ2n) is 3.46. The molecule has 1 aromatic rings. The third-order valence-electron chi connectivity index (χ3n) is 2.26. The van der Waals surface area contributed by atoms with Gasteiger partial charge in [-0.3, -0.25) is 4.79 Å². The summed E-state index contributed by atoms with van der Waals surface area (Å²) in [6, 6.07) is 3.40. The highest BCUT2D eigenvalue weighted by molar-refractivity contribution is 9.10. The van der Waals surface area contributed by atoms with Crippen LogP contribution in [0.4, 0.5) is 0 Å². The zero-order chi connectivity index (χ0) is 11.7. The minimum Gasteiger partial charge on any atom is -0.486 e. The van der Waals surface area contributed by atoms with Crippen molar-refractivity contribution < 1.29 is 14.3 Å². The summed E-state index contributed by atoms with van der Waals surface area (Å²) in [7, 11) is 0. The summed E-state index contributed by atoms with van der Waals surface area (Å²) in [5.74, 6) is 1.11. The molecule has 1 aromatic carbocycles. The van der Waals surface area contributed by atoms with Gasteiger partial charge < -0.3 is 9.47 Å². The van der Waals surface area contributed by atoms with Gasteiger partial charge in [0.25, 0.3) is 0 Å². The lowest BCUT2D eigenvalue weighted by atomic mass is 10.1. The van der Waals surface area contributed by atoms with Crippen LogP contribution in [-0.4, -0.2) is 24.4 Å². The van der Waals surface area contributed by atoms with Gasteiger partial charge in [0.1, 0.15) is 13.2 Å². The fraction of sp³-hybridized carbons (Fsp3) is 0.364. The standard InChI is InChI=1S/C11H10BrClO3/c1-6(13)11(14)7-4-9-10(5-8(7)12)16-3-2-15-9/h4-6H,2-3H2,1H3. The fourth-order valence-corrected chi connectivity index (χ4v) is 2.10. The van der Waals surface area contributed by atoms with E-state index in [-0.39, 0.29) is 5.78 Å². The lowest BCUT2D eigenvalue weighted by molar-refractivity contribution is 0.0989. The van der Waals surface area contributed by atoms with E-state index < -0.39 is 5.38 Å². The number of benzene rings is 1. The molecule has 1 aliphatic heterocycles. The maximum atomic E-state index is 11.8. The molecular formula is C11H10BrClO3. The highest BCUT2D eigenvalue weighted by atomic mass is 79.9. The molecule has 1 aliphatic rings. The van der Waals surface area contributed by atoms with Gasteiger partial charge >= 0.3 is 0 Å². The SMILES string of the molecule is CC(Cl)C(=O)c1cc2c(cc1Br)OCCO2. The summed E-state index contributed by atoms with van der Waals surface area (Å²) in [4.78, 5) is 11.8. The molecule has 0 bridgehead atoms. The predicted octanol–water partition coefficient (Wildman–Crippen LogP) is 3.03. The Morgan fingerprint density at radius 1 is 1.38 bits per heavy atom.